The topological polar surface area (TPSA) is 89.6 Å². The fraction of sp³-hybridized carbons (Fsp3) is 0.680. The average molecular weight is 478 g/mol. The number of carbonyl (C=O) groups is 2. The van der Waals surface area contributed by atoms with Gasteiger partial charge in [0.2, 0.25) is 0 Å². The summed E-state index contributed by atoms with van der Waals surface area (Å²) in [5.74, 6) is 1.06. The Balaban J connectivity index is 1.67. The lowest BCUT2D eigenvalue weighted by Crippen LogP contribution is -2.44. The van der Waals surface area contributed by atoms with E-state index in [0.717, 1.165) is 32.4 Å². The van der Waals surface area contributed by atoms with Gasteiger partial charge in [-0.1, -0.05) is 0 Å². The molecule has 2 heterocycles. The maximum atomic E-state index is 13.5. The van der Waals surface area contributed by atoms with Gasteiger partial charge in [-0.05, 0) is 44.9 Å². The quantitative estimate of drug-likeness (QED) is 0.490. The van der Waals surface area contributed by atoms with Crippen molar-refractivity contribution in [2.45, 2.75) is 45.3 Å². The number of methoxy groups -OCH3 is 2. The minimum absolute atomic E-state index is 0.0174. The smallest absolute Gasteiger partial charge is 0.410 e. The molecule has 2 atom stereocenters. The van der Waals surface area contributed by atoms with Crippen molar-refractivity contribution in [3.63, 3.8) is 0 Å². The number of ether oxygens (including phenoxy) is 4. The second kappa shape index (κ2) is 12.8. The maximum absolute atomic E-state index is 13.5. The van der Waals surface area contributed by atoms with Gasteiger partial charge >= 0.3 is 6.09 Å². The first-order valence-corrected chi connectivity index (χ1v) is 12.2. The van der Waals surface area contributed by atoms with Crippen LogP contribution in [0.4, 0.5) is 4.79 Å². The van der Waals surface area contributed by atoms with Crippen LogP contribution in [0.15, 0.2) is 18.2 Å². The number of benzene rings is 1. The van der Waals surface area contributed by atoms with Crippen LogP contribution in [-0.4, -0.2) is 94.1 Å². The summed E-state index contributed by atoms with van der Waals surface area (Å²) in [5, 5.41) is 3.32. The molecule has 0 radical (unpaired) electrons. The SMILES string of the molecule is COCCCOc1cc(C(=O)N(C[C@@H]2CNC[C@H]2OC(=O)N2CCCC2)C(C)C)ccc1OC. The fourth-order valence-corrected chi connectivity index (χ4v) is 4.39. The van der Waals surface area contributed by atoms with Crippen LogP contribution in [0.5, 0.6) is 11.5 Å². The normalized spacial score (nSPS) is 20.0. The van der Waals surface area contributed by atoms with Gasteiger partial charge in [0.25, 0.3) is 5.91 Å². The van der Waals surface area contributed by atoms with Gasteiger partial charge in [-0.3, -0.25) is 4.79 Å². The molecule has 9 nitrogen and oxygen atoms in total. The van der Waals surface area contributed by atoms with Crippen molar-refractivity contribution in [1.29, 1.82) is 0 Å². The predicted molar refractivity (Wildman–Crippen MR) is 129 cm³/mol. The Morgan fingerprint density at radius 1 is 1.12 bits per heavy atom. The first-order valence-electron chi connectivity index (χ1n) is 12.2. The Bertz CT molecular complexity index is 812. The van der Waals surface area contributed by atoms with E-state index in [4.69, 9.17) is 18.9 Å². The molecule has 2 fully saturated rings. The molecule has 3 rings (SSSR count). The molecule has 190 valence electrons. The maximum Gasteiger partial charge on any atom is 0.410 e. The zero-order valence-corrected chi connectivity index (χ0v) is 20.9. The molecule has 1 N–H and O–H groups in total. The molecule has 1 aromatic rings. The highest BCUT2D eigenvalue weighted by molar-refractivity contribution is 5.95. The molecule has 2 amide bonds. The van der Waals surface area contributed by atoms with Crippen molar-refractivity contribution < 1.29 is 28.5 Å². The third-order valence-electron chi connectivity index (χ3n) is 6.37. The standard InChI is InChI=1S/C25H39N3O6/c1-18(2)28(17-20-15-26-16-23(20)34-25(30)27-10-5-6-11-27)24(29)19-8-9-21(32-4)22(14-19)33-13-7-12-31-3/h8-9,14,18,20,23,26H,5-7,10-13,15-17H2,1-4H3/t20-,23+/m0/s1. The van der Waals surface area contributed by atoms with Crippen LogP contribution < -0.4 is 14.8 Å². The molecule has 0 aromatic heterocycles. The van der Waals surface area contributed by atoms with Crippen LogP contribution in [0.1, 0.15) is 43.5 Å². The van der Waals surface area contributed by atoms with E-state index < -0.39 is 0 Å². The van der Waals surface area contributed by atoms with E-state index in [9.17, 15) is 9.59 Å². The van der Waals surface area contributed by atoms with Crippen LogP contribution in [0.2, 0.25) is 0 Å². The van der Waals surface area contributed by atoms with Crippen LogP contribution in [-0.2, 0) is 9.47 Å². The van der Waals surface area contributed by atoms with Crippen LogP contribution >= 0.6 is 0 Å². The highest BCUT2D eigenvalue weighted by Gasteiger charge is 2.35. The summed E-state index contributed by atoms with van der Waals surface area (Å²) < 4.78 is 22.2. The molecule has 0 aliphatic carbocycles. The van der Waals surface area contributed by atoms with E-state index in [-0.39, 0.29) is 30.1 Å². The van der Waals surface area contributed by atoms with E-state index in [2.05, 4.69) is 5.32 Å². The van der Waals surface area contributed by atoms with Gasteiger partial charge in [0.05, 0.1) is 13.7 Å². The molecular formula is C25H39N3O6. The molecule has 0 bridgehead atoms. The number of hydrogen-bond donors (Lipinski definition) is 1. The van der Waals surface area contributed by atoms with Crippen LogP contribution in [0.25, 0.3) is 0 Å². The Hall–Kier alpha value is -2.52. The van der Waals surface area contributed by atoms with Gasteiger partial charge in [0.15, 0.2) is 11.5 Å². The van der Waals surface area contributed by atoms with E-state index in [1.165, 1.54) is 0 Å². The molecule has 1 aromatic carbocycles. The number of nitrogens with one attached hydrogen (secondary N) is 1. The Kier molecular flexibility index (Phi) is 9.83. The number of likely N-dealkylation sites (tertiary alicyclic amines) is 1. The first kappa shape index (κ1) is 26.1. The molecule has 0 saturated carbocycles. The number of hydrogen-bond acceptors (Lipinski definition) is 7. The molecule has 2 aliphatic rings. The summed E-state index contributed by atoms with van der Waals surface area (Å²) in [5.41, 5.74) is 0.535. The Morgan fingerprint density at radius 3 is 2.56 bits per heavy atom. The van der Waals surface area contributed by atoms with Crippen LogP contribution in [0.3, 0.4) is 0 Å². The van der Waals surface area contributed by atoms with Crippen molar-refractivity contribution in [3.8, 4) is 11.5 Å². The second-order valence-corrected chi connectivity index (χ2v) is 9.15. The summed E-state index contributed by atoms with van der Waals surface area (Å²) in [6.07, 6.45) is 2.29. The predicted octanol–water partition coefficient (Wildman–Crippen LogP) is 2.78. The highest BCUT2D eigenvalue weighted by Crippen LogP contribution is 2.29. The first-order chi connectivity index (χ1) is 16.4. The molecule has 34 heavy (non-hydrogen) atoms. The van der Waals surface area contributed by atoms with Crippen molar-refractivity contribution in [2.75, 3.05) is 60.2 Å². The lowest BCUT2D eigenvalue weighted by atomic mass is 10.0. The zero-order valence-electron chi connectivity index (χ0n) is 20.9. The van der Waals surface area contributed by atoms with E-state index in [0.29, 0.717) is 49.9 Å². The average Bonchev–Trinajstić information content (AvgIpc) is 3.52. The van der Waals surface area contributed by atoms with E-state index in [1.807, 2.05) is 18.7 Å². The van der Waals surface area contributed by atoms with Crippen molar-refractivity contribution in [3.05, 3.63) is 23.8 Å². The Morgan fingerprint density at radius 2 is 1.88 bits per heavy atom. The summed E-state index contributed by atoms with van der Waals surface area (Å²) in [7, 11) is 3.23. The summed E-state index contributed by atoms with van der Waals surface area (Å²) in [6.45, 7) is 8.37. The lowest BCUT2D eigenvalue weighted by Gasteiger charge is -2.32. The van der Waals surface area contributed by atoms with Gasteiger partial charge in [-0.25, -0.2) is 4.79 Å². The van der Waals surface area contributed by atoms with E-state index in [1.54, 1.807) is 37.3 Å². The van der Waals surface area contributed by atoms with Crippen molar-refractivity contribution in [2.24, 2.45) is 5.92 Å². The minimum atomic E-state index is -0.252. The van der Waals surface area contributed by atoms with Crippen molar-refractivity contribution >= 4 is 12.0 Å². The fourth-order valence-electron chi connectivity index (χ4n) is 4.39. The molecule has 2 aliphatic heterocycles. The molecule has 9 heteroatoms. The van der Waals surface area contributed by atoms with Gasteiger partial charge in [-0.15, -0.1) is 0 Å². The summed E-state index contributed by atoms with van der Waals surface area (Å²) in [6, 6.07) is 5.24. The van der Waals surface area contributed by atoms with Crippen LogP contribution in [0, 0.1) is 5.92 Å². The minimum Gasteiger partial charge on any atom is -0.493 e. The number of rotatable bonds is 11. The molecule has 0 spiro atoms. The lowest BCUT2D eigenvalue weighted by molar-refractivity contribution is 0.0409. The third-order valence-corrected chi connectivity index (χ3v) is 6.37. The Labute approximate surface area is 202 Å². The number of nitrogens with zero attached hydrogens (tertiary/aromatic N) is 2. The summed E-state index contributed by atoms with van der Waals surface area (Å²) in [4.78, 5) is 29.6. The molecule has 2 saturated heterocycles. The zero-order chi connectivity index (χ0) is 24.5. The third kappa shape index (κ3) is 6.76. The van der Waals surface area contributed by atoms with Gasteiger partial charge in [-0.2, -0.15) is 0 Å². The molecule has 0 unspecified atom stereocenters. The summed E-state index contributed by atoms with van der Waals surface area (Å²) >= 11 is 0. The largest absolute Gasteiger partial charge is 0.493 e. The number of carbonyl (C=O) groups excluding carboxylic acids is 2. The highest BCUT2D eigenvalue weighted by atomic mass is 16.6. The number of amides is 2. The van der Waals surface area contributed by atoms with Gasteiger partial charge in [0.1, 0.15) is 6.10 Å². The van der Waals surface area contributed by atoms with Gasteiger partial charge in [0, 0.05) is 70.4 Å². The molecular weight excluding hydrogens is 438 g/mol. The second-order valence-electron chi connectivity index (χ2n) is 9.15. The monoisotopic (exact) mass is 477 g/mol. The van der Waals surface area contributed by atoms with Gasteiger partial charge < -0.3 is 34.1 Å². The van der Waals surface area contributed by atoms with Crippen molar-refractivity contribution in [1.82, 2.24) is 15.1 Å². The van der Waals surface area contributed by atoms with E-state index >= 15 is 0 Å².